The number of nitrogens with one attached hydrogen (secondary N) is 2. The molecule has 0 aromatic heterocycles. The van der Waals surface area contributed by atoms with E-state index in [9.17, 15) is 19.5 Å². The lowest BCUT2D eigenvalue weighted by molar-refractivity contribution is -0.141. The molecule has 2 aliphatic carbocycles. The number of benzene rings is 2. The van der Waals surface area contributed by atoms with E-state index < -0.39 is 24.0 Å². The van der Waals surface area contributed by atoms with Gasteiger partial charge in [0.1, 0.15) is 12.6 Å². The fourth-order valence-corrected chi connectivity index (χ4v) is 5.22. The summed E-state index contributed by atoms with van der Waals surface area (Å²) in [5, 5.41) is 15.0. The lowest BCUT2D eigenvalue weighted by Crippen LogP contribution is -2.50. The molecule has 7 nitrogen and oxygen atoms in total. The summed E-state index contributed by atoms with van der Waals surface area (Å²) in [5.41, 5.74) is 4.57. The molecule has 0 saturated heterocycles. The Labute approximate surface area is 206 Å². The predicted octanol–water partition coefficient (Wildman–Crippen LogP) is 4.70. The van der Waals surface area contributed by atoms with Crippen molar-refractivity contribution in [3.8, 4) is 11.1 Å². The maximum absolute atomic E-state index is 13.0. The first kappa shape index (κ1) is 24.8. The molecule has 0 aliphatic heterocycles. The van der Waals surface area contributed by atoms with Crippen LogP contribution in [-0.2, 0) is 14.3 Å². The van der Waals surface area contributed by atoms with Gasteiger partial charge in [-0.1, -0.05) is 68.8 Å². The SMILES string of the molecule is CCC(C)CC(NC(=O)OCC1c2ccccc2-c2ccccc21)C(=O)NC1CCC(C(=O)O)C1. The quantitative estimate of drug-likeness (QED) is 0.485. The van der Waals surface area contributed by atoms with Gasteiger partial charge in [0.2, 0.25) is 5.91 Å². The van der Waals surface area contributed by atoms with E-state index in [1.54, 1.807) is 0 Å². The smallest absolute Gasteiger partial charge is 0.407 e. The first-order chi connectivity index (χ1) is 16.9. The Hall–Kier alpha value is -3.35. The largest absolute Gasteiger partial charge is 0.481 e. The molecule has 2 aromatic rings. The molecule has 4 unspecified atom stereocenters. The van der Waals surface area contributed by atoms with Crippen LogP contribution < -0.4 is 10.6 Å². The Morgan fingerprint density at radius 2 is 1.66 bits per heavy atom. The first-order valence-corrected chi connectivity index (χ1v) is 12.5. The molecule has 1 saturated carbocycles. The number of hydrogen-bond acceptors (Lipinski definition) is 4. The summed E-state index contributed by atoms with van der Waals surface area (Å²) >= 11 is 0. The van der Waals surface area contributed by atoms with Crippen LogP contribution in [0.15, 0.2) is 48.5 Å². The van der Waals surface area contributed by atoms with Crippen LogP contribution in [0.5, 0.6) is 0 Å². The van der Waals surface area contributed by atoms with Gasteiger partial charge in [0.15, 0.2) is 0 Å². The number of carbonyl (C=O) groups excluding carboxylic acids is 2. The minimum atomic E-state index is -0.824. The summed E-state index contributed by atoms with van der Waals surface area (Å²) in [7, 11) is 0. The van der Waals surface area contributed by atoms with E-state index in [-0.39, 0.29) is 30.4 Å². The zero-order valence-electron chi connectivity index (χ0n) is 20.3. The average molecular weight is 479 g/mol. The second-order valence-corrected chi connectivity index (χ2v) is 9.83. The van der Waals surface area contributed by atoms with Gasteiger partial charge < -0.3 is 20.5 Å². The molecule has 0 heterocycles. The van der Waals surface area contributed by atoms with Gasteiger partial charge in [-0.15, -0.1) is 0 Å². The topological polar surface area (TPSA) is 105 Å². The molecule has 35 heavy (non-hydrogen) atoms. The standard InChI is InChI=1S/C28H34N2O5/c1-3-17(2)14-25(26(31)29-19-13-12-18(15-19)27(32)33)30-28(34)35-16-24-22-10-6-4-8-20(22)21-9-5-7-11-23(21)24/h4-11,17-19,24-25H,3,12-16H2,1-2H3,(H,29,31)(H,30,34)(H,32,33). The van der Waals surface area contributed by atoms with Gasteiger partial charge in [0, 0.05) is 12.0 Å². The van der Waals surface area contributed by atoms with Crippen LogP contribution in [0, 0.1) is 11.8 Å². The maximum Gasteiger partial charge on any atom is 0.407 e. The van der Waals surface area contributed by atoms with E-state index in [0.29, 0.717) is 25.7 Å². The van der Waals surface area contributed by atoms with Gasteiger partial charge in [-0.05, 0) is 53.9 Å². The number of carbonyl (C=O) groups is 3. The third kappa shape index (κ3) is 5.66. The summed E-state index contributed by atoms with van der Waals surface area (Å²) in [6.07, 6.45) is 2.34. The third-order valence-electron chi connectivity index (χ3n) is 7.42. The maximum atomic E-state index is 13.0. The number of rotatable bonds is 9. The van der Waals surface area contributed by atoms with Crippen LogP contribution in [0.1, 0.15) is 63.0 Å². The number of carboxylic acids is 1. The lowest BCUT2D eigenvalue weighted by atomic mass is 9.98. The predicted molar refractivity (Wildman–Crippen MR) is 133 cm³/mol. The van der Waals surface area contributed by atoms with E-state index >= 15 is 0 Å². The Morgan fingerprint density at radius 1 is 1.03 bits per heavy atom. The molecule has 7 heteroatoms. The van der Waals surface area contributed by atoms with Crippen LogP contribution in [0.2, 0.25) is 0 Å². The molecule has 2 amide bonds. The second-order valence-electron chi connectivity index (χ2n) is 9.83. The third-order valence-corrected chi connectivity index (χ3v) is 7.42. The van der Waals surface area contributed by atoms with Crippen molar-refractivity contribution < 1.29 is 24.2 Å². The summed E-state index contributed by atoms with van der Waals surface area (Å²) in [6.45, 7) is 4.26. The van der Waals surface area contributed by atoms with Crippen molar-refractivity contribution in [3.05, 3.63) is 59.7 Å². The number of hydrogen-bond donors (Lipinski definition) is 3. The van der Waals surface area contributed by atoms with E-state index in [1.807, 2.05) is 38.1 Å². The van der Waals surface area contributed by atoms with Crippen LogP contribution in [-0.4, -0.2) is 41.8 Å². The number of ether oxygens (including phenoxy) is 1. The minimum absolute atomic E-state index is 0.0542. The van der Waals surface area contributed by atoms with Crippen molar-refractivity contribution in [3.63, 3.8) is 0 Å². The molecule has 186 valence electrons. The van der Waals surface area contributed by atoms with Crippen molar-refractivity contribution in [1.82, 2.24) is 10.6 Å². The van der Waals surface area contributed by atoms with Crippen molar-refractivity contribution in [2.45, 2.75) is 64.0 Å². The molecule has 4 rings (SSSR count). The van der Waals surface area contributed by atoms with Gasteiger partial charge in [0.05, 0.1) is 5.92 Å². The minimum Gasteiger partial charge on any atom is -0.481 e. The van der Waals surface area contributed by atoms with Gasteiger partial charge >= 0.3 is 12.1 Å². The molecular weight excluding hydrogens is 444 g/mol. The number of amides is 2. The monoisotopic (exact) mass is 478 g/mol. The Balaban J connectivity index is 1.38. The highest BCUT2D eigenvalue weighted by Gasteiger charge is 2.33. The molecule has 2 aliphatic rings. The molecule has 2 aromatic carbocycles. The van der Waals surface area contributed by atoms with Crippen molar-refractivity contribution in [2.24, 2.45) is 11.8 Å². The molecule has 1 fully saturated rings. The van der Waals surface area contributed by atoms with Crippen molar-refractivity contribution in [2.75, 3.05) is 6.61 Å². The fraction of sp³-hybridized carbons (Fsp3) is 0.464. The van der Waals surface area contributed by atoms with E-state index in [1.165, 1.54) is 0 Å². The van der Waals surface area contributed by atoms with Crippen molar-refractivity contribution in [1.29, 1.82) is 0 Å². The Bertz CT molecular complexity index is 1040. The normalized spacial score (nSPS) is 20.4. The highest BCUT2D eigenvalue weighted by molar-refractivity contribution is 5.86. The highest BCUT2D eigenvalue weighted by atomic mass is 16.5. The Kier molecular flexibility index (Phi) is 7.73. The van der Waals surface area contributed by atoms with Gasteiger partial charge in [-0.2, -0.15) is 0 Å². The number of aliphatic carboxylic acids is 1. The van der Waals surface area contributed by atoms with Crippen LogP contribution in [0.25, 0.3) is 11.1 Å². The van der Waals surface area contributed by atoms with Crippen molar-refractivity contribution >= 4 is 18.0 Å². The molecule has 0 bridgehead atoms. The first-order valence-electron chi connectivity index (χ1n) is 12.5. The number of fused-ring (bicyclic) bond motifs is 3. The van der Waals surface area contributed by atoms with Gasteiger partial charge in [-0.25, -0.2) is 4.79 Å². The summed E-state index contributed by atoms with van der Waals surface area (Å²) in [5.74, 6) is -1.36. The van der Waals surface area contributed by atoms with Crippen LogP contribution in [0.3, 0.4) is 0 Å². The fourth-order valence-electron chi connectivity index (χ4n) is 5.22. The highest BCUT2D eigenvalue weighted by Crippen LogP contribution is 2.44. The summed E-state index contributed by atoms with van der Waals surface area (Å²) in [4.78, 5) is 37.1. The van der Waals surface area contributed by atoms with Gasteiger partial charge in [-0.3, -0.25) is 9.59 Å². The number of alkyl carbamates (subject to hydrolysis) is 1. The molecule has 3 N–H and O–H groups in total. The van der Waals surface area contributed by atoms with Crippen LogP contribution >= 0.6 is 0 Å². The second kappa shape index (κ2) is 10.9. The van der Waals surface area contributed by atoms with Crippen LogP contribution in [0.4, 0.5) is 4.79 Å². The number of carboxylic acid groups (broad SMARTS) is 1. The summed E-state index contributed by atoms with van der Waals surface area (Å²) < 4.78 is 5.65. The summed E-state index contributed by atoms with van der Waals surface area (Å²) in [6, 6.07) is 15.4. The van der Waals surface area contributed by atoms with E-state index in [0.717, 1.165) is 28.7 Å². The zero-order chi connectivity index (χ0) is 24.9. The molecule has 0 radical (unpaired) electrons. The Morgan fingerprint density at radius 3 is 2.23 bits per heavy atom. The van der Waals surface area contributed by atoms with E-state index in [4.69, 9.17) is 4.74 Å². The molecular formula is C28H34N2O5. The zero-order valence-corrected chi connectivity index (χ0v) is 20.3. The average Bonchev–Trinajstić information content (AvgIpc) is 3.45. The van der Waals surface area contributed by atoms with E-state index in [2.05, 4.69) is 34.9 Å². The molecule has 4 atom stereocenters. The van der Waals surface area contributed by atoms with Gasteiger partial charge in [0.25, 0.3) is 0 Å². The lowest BCUT2D eigenvalue weighted by Gasteiger charge is -2.23. The molecule has 0 spiro atoms.